The van der Waals surface area contributed by atoms with Gasteiger partial charge in [-0.3, -0.25) is 4.79 Å². The Balaban J connectivity index is 1.79. The van der Waals surface area contributed by atoms with Gasteiger partial charge in [0, 0.05) is 16.9 Å². The van der Waals surface area contributed by atoms with Gasteiger partial charge in [-0.2, -0.15) is 0 Å². The van der Waals surface area contributed by atoms with Crippen LogP contribution < -0.4 is 0 Å². The monoisotopic (exact) mass is 268 g/mol. The van der Waals surface area contributed by atoms with Crippen LogP contribution in [-0.4, -0.2) is 5.78 Å². The Morgan fingerprint density at radius 3 is 2.50 bits per heavy atom. The molecule has 4 rings (SSSR count). The second-order valence-corrected chi connectivity index (χ2v) is 6.29. The topological polar surface area (TPSA) is 17.1 Å². The van der Waals surface area contributed by atoms with Crippen molar-refractivity contribution in [1.82, 2.24) is 0 Å². The summed E-state index contributed by atoms with van der Waals surface area (Å²) in [5.74, 6) is 1.47. The number of rotatable bonds is 2. The SMILES string of the molecule is O=C(c1ccc(F)c2ccccc12)C1CC2CCC1C2. The molecule has 0 N–H and O–H groups in total. The van der Waals surface area contributed by atoms with E-state index in [9.17, 15) is 9.18 Å². The molecule has 102 valence electrons. The first-order valence-electron chi connectivity index (χ1n) is 7.45. The number of hydrogen-bond acceptors (Lipinski definition) is 1. The van der Waals surface area contributed by atoms with Crippen molar-refractivity contribution in [2.45, 2.75) is 25.7 Å². The standard InChI is InChI=1S/C18H17FO/c19-17-8-7-15(13-3-1-2-4-14(13)17)18(20)16-10-11-5-6-12(16)9-11/h1-4,7-8,11-12,16H,5-6,9-10H2. The molecule has 3 unspecified atom stereocenters. The lowest BCUT2D eigenvalue weighted by atomic mass is 9.82. The van der Waals surface area contributed by atoms with Crippen LogP contribution in [0.3, 0.4) is 0 Å². The Morgan fingerprint density at radius 2 is 1.80 bits per heavy atom. The highest BCUT2D eigenvalue weighted by Crippen LogP contribution is 2.49. The van der Waals surface area contributed by atoms with E-state index in [1.54, 1.807) is 12.1 Å². The molecule has 20 heavy (non-hydrogen) atoms. The number of hydrogen-bond donors (Lipinski definition) is 0. The largest absolute Gasteiger partial charge is 0.294 e. The lowest BCUT2D eigenvalue weighted by Crippen LogP contribution is -2.21. The molecular weight excluding hydrogens is 251 g/mol. The summed E-state index contributed by atoms with van der Waals surface area (Å²) in [7, 11) is 0. The smallest absolute Gasteiger partial charge is 0.166 e. The van der Waals surface area contributed by atoms with Crippen LogP contribution in [0, 0.1) is 23.6 Å². The zero-order valence-electron chi connectivity index (χ0n) is 11.3. The third-order valence-corrected chi connectivity index (χ3v) is 5.21. The summed E-state index contributed by atoms with van der Waals surface area (Å²) in [5, 5.41) is 1.32. The van der Waals surface area contributed by atoms with Crippen molar-refractivity contribution in [3.63, 3.8) is 0 Å². The molecule has 3 atom stereocenters. The summed E-state index contributed by atoms with van der Waals surface area (Å²) in [5.41, 5.74) is 0.708. The number of fused-ring (bicyclic) bond motifs is 3. The van der Waals surface area contributed by atoms with Gasteiger partial charge in [-0.15, -0.1) is 0 Å². The molecule has 2 bridgehead atoms. The van der Waals surface area contributed by atoms with Crippen molar-refractivity contribution in [1.29, 1.82) is 0 Å². The van der Waals surface area contributed by atoms with Crippen LogP contribution in [0.4, 0.5) is 4.39 Å². The third kappa shape index (κ3) is 1.71. The minimum atomic E-state index is -0.245. The summed E-state index contributed by atoms with van der Waals surface area (Å²) >= 11 is 0. The van der Waals surface area contributed by atoms with Gasteiger partial charge in [0.1, 0.15) is 5.82 Å². The minimum Gasteiger partial charge on any atom is -0.294 e. The quantitative estimate of drug-likeness (QED) is 0.728. The van der Waals surface area contributed by atoms with E-state index >= 15 is 0 Å². The molecule has 0 spiro atoms. The Bertz CT molecular complexity index is 691. The molecular formula is C18H17FO. The van der Waals surface area contributed by atoms with E-state index in [2.05, 4.69) is 0 Å². The average molecular weight is 268 g/mol. The summed E-state index contributed by atoms with van der Waals surface area (Å²) in [6.07, 6.45) is 4.74. The molecule has 2 aliphatic rings. The van der Waals surface area contributed by atoms with Gasteiger partial charge in [0.05, 0.1) is 0 Å². The summed E-state index contributed by atoms with van der Waals surface area (Å²) < 4.78 is 13.8. The van der Waals surface area contributed by atoms with Gasteiger partial charge >= 0.3 is 0 Å². The molecule has 0 saturated heterocycles. The molecule has 1 nitrogen and oxygen atoms in total. The number of Topliss-reactive ketones (excluding diaryl/α,β-unsaturated/α-hetero) is 1. The van der Waals surface area contributed by atoms with Gasteiger partial charge in [-0.05, 0) is 48.6 Å². The molecule has 2 heteroatoms. The fraction of sp³-hybridized carbons (Fsp3) is 0.389. The van der Waals surface area contributed by atoms with E-state index in [0.29, 0.717) is 16.9 Å². The molecule has 2 aromatic carbocycles. The maximum Gasteiger partial charge on any atom is 0.166 e. The Morgan fingerprint density at radius 1 is 1.00 bits per heavy atom. The van der Waals surface area contributed by atoms with Gasteiger partial charge in [0.15, 0.2) is 5.78 Å². The van der Waals surface area contributed by atoms with Gasteiger partial charge in [0.25, 0.3) is 0 Å². The molecule has 2 aromatic rings. The predicted octanol–water partition coefficient (Wildman–Crippen LogP) is 4.60. The van der Waals surface area contributed by atoms with E-state index in [1.807, 2.05) is 18.2 Å². The van der Waals surface area contributed by atoms with Gasteiger partial charge < -0.3 is 0 Å². The zero-order chi connectivity index (χ0) is 13.7. The van der Waals surface area contributed by atoms with E-state index in [1.165, 1.54) is 25.3 Å². The summed E-state index contributed by atoms with van der Waals surface area (Å²) in [4.78, 5) is 12.8. The van der Waals surface area contributed by atoms with E-state index < -0.39 is 0 Å². The Hall–Kier alpha value is -1.70. The van der Waals surface area contributed by atoms with Gasteiger partial charge in [-0.25, -0.2) is 4.39 Å². The molecule has 2 fully saturated rings. The molecule has 0 aromatic heterocycles. The lowest BCUT2D eigenvalue weighted by molar-refractivity contribution is 0.0876. The molecule has 2 saturated carbocycles. The number of carbonyl (C=O) groups is 1. The molecule has 0 aliphatic heterocycles. The van der Waals surface area contributed by atoms with E-state index in [0.717, 1.165) is 17.7 Å². The second kappa shape index (κ2) is 4.41. The Labute approximate surface area is 117 Å². The first-order chi connectivity index (χ1) is 9.74. The lowest BCUT2D eigenvalue weighted by Gasteiger charge is -2.21. The van der Waals surface area contributed by atoms with Crippen molar-refractivity contribution >= 4 is 16.6 Å². The van der Waals surface area contributed by atoms with E-state index in [4.69, 9.17) is 0 Å². The Kier molecular flexibility index (Phi) is 2.66. The third-order valence-electron chi connectivity index (χ3n) is 5.21. The van der Waals surface area contributed by atoms with Crippen LogP contribution in [-0.2, 0) is 0 Å². The maximum atomic E-state index is 13.8. The van der Waals surface area contributed by atoms with Gasteiger partial charge in [0.2, 0.25) is 0 Å². The highest BCUT2D eigenvalue weighted by Gasteiger charge is 2.43. The van der Waals surface area contributed by atoms with Crippen molar-refractivity contribution in [3.05, 3.63) is 47.8 Å². The van der Waals surface area contributed by atoms with Crippen LogP contribution in [0.2, 0.25) is 0 Å². The van der Waals surface area contributed by atoms with Crippen LogP contribution >= 0.6 is 0 Å². The van der Waals surface area contributed by atoms with Crippen LogP contribution in [0.15, 0.2) is 36.4 Å². The number of benzene rings is 2. The molecule has 0 radical (unpaired) electrons. The summed E-state index contributed by atoms with van der Waals surface area (Å²) in [6.45, 7) is 0. The summed E-state index contributed by atoms with van der Waals surface area (Å²) in [6, 6.07) is 10.4. The van der Waals surface area contributed by atoms with Crippen molar-refractivity contribution in [3.8, 4) is 0 Å². The predicted molar refractivity (Wildman–Crippen MR) is 77.2 cm³/mol. The number of ketones is 1. The van der Waals surface area contributed by atoms with Crippen molar-refractivity contribution in [2.75, 3.05) is 0 Å². The number of carbonyl (C=O) groups excluding carboxylic acids is 1. The van der Waals surface area contributed by atoms with Crippen LogP contribution in [0.1, 0.15) is 36.0 Å². The van der Waals surface area contributed by atoms with Crippen LogP contribution in [0.5, 0.6) is 0 Å². The fourth-order valence-electron chi connectivity index (χ4n) is 4.24. The average Bonchev–Trinajstić information content (AvgIpc) is 3.10. The highest BCUT2D eigenvalue weighted by molar-refractivity contribution is 6.09. The van der Waals surface area contributed by atoms with Crippen molar-refractivity contribution < 1.29 is 9.18 Å². The normalized spacial score (nSPS) is 28.1. The van der Waals surface area contributed by atoms with E-state index in [-0.39, 0.29) is 17.5 Å². The highest BCUT2D eigenvalue weighted by atomic mass is 19.1. The minimum absolute atomic E-state index is 0.169. The zero-order valence-corrected chi connectivity index (χ0v) is 11.3. The van der Waals surface area contributed by atoms with Gasteiger partial charge in [-0.1, -0.05) is 30.7 Å². The first-order valence-corrected chi connectivity index (χ1v) is 7.45. The molecule has 2 aliphatic carbocycles. The van der Waals surface area contributed by atoms with Crippen LogP contribution in [0.25, 0.3) is 10.8 Å². The second-order valence-electron chi connectivity index (χ2n) is 6.29. The maximum absolute atomic E-state index is 13.8. The first kappa shape index (κ1) is 12.1. The van der Waals surface area contributed by atoms with Crippen molar-refractivity contribution in [2.24, 2.45) is 17.8 Å². The molecule has 0 amide bonds. The fourth-order valence-corrected chi connectivity index (χ4v) is 4.24. The molecule has 0 heterocycles. The number of halogens is 1.